The summed E-state index contributed by atoms with van der Waals surface area (Å²) in [5.74, 6) is 2.30. The van der Waals surface area contributed by atoms with Crippen molar-refractivity contribution in [1.29, 1.82) is 0 Å². The third kappa shape index (κ3) is 4.38. The van der Waals surface area contributed by atoms with E-state index < -0.39 is 0 Å². The summed E-state index contributed by atoms with van der Waals surface area (Å²) in [5.41, 5.74) is 7.89. The Morgan fingerprint density at radius 3 is 2.79 bits per heavy atom. The molecule has 0 bridgehead atoms. The second kappa shape index (κ2) is 6.36. The maximum Gasteiger partial charge on any atom is 0.0328 e. The smallest absolute Gasteiger partial charge is 0.0328 e. The molecule has 14 heavy (non-hydrogen) atoms. The highest BCUT2D eigenvalue weighted by molar-refractivity contribution is 9.10. The fourth-order valence-corrected chi connectivity index (χ4v) is 2.79. The first-order valence-electron chi connectivity index (χ1n) is 4.85. The molecule has 0 fully saturated rings. The number of anilines is 1. The van der Waals surface area contributed by atoms with E-state index in [1.54, 1.807) is 0 Å². The van der Waals surface area contributed by atoms with E-state index in [0.29, 0.717) is 0 Å². The molecule has 1 aromatic carbocycles. The number of thioether (sulfide) groups is 1. The maximum atomic E-state index is 5.75. The van der Waals surface area contributed by atoms with E-state index in [-0.39, 0.29) is 0 Å². The minimum absolute atomic E-state index is 0.838. The zero-order chi connectivity index (χ0) is 10.4. The second-order valence-electron chi connectivity index (χ2n) is 3.30. The van der Waals surface area contributed by atoms with Gasteiger partial charge in [-0.3, -0.25) is 0 Å². The van der Waals surface area contributed by atoms with Crippen molar-refractivity contribution >= 4 is 33.4 Å². The van der Waals surface area contributed by atoms with Gasteiger partial charge in [0.2, 0.25) is 0 Å². The molecule has 0 atom stereocenters. The fourth-order valence-electron chi connectivity index (χ4n) is 1.20. The topological polar surface area (TPSA) is 26.0 Å². The lowest BCUT2D eigenvalue weighted by Gasteiger charge is -2.03. The lowest BCUT2D eigenvalue weighted by atomic mass is 10.2. The summed E-state index contributed by atoms with van der Waals surface area (Å²) in [5, 5.41) is 0. The van der Waals surface area contributed by atoms with E-state index in [9.17, 15) is 0 Å². The number of unbranched alkanes of at least 4 members (excludes halogenated alkanes) is 1. The Morgan fingerprint density at radius 1 is 1.36 bits per heavy atom. The van der Waals surface area contributed by atoms with E-state index in [2.05, 4.69) is 28.9 Å². The van der Waals surface area contributed by atoms with Crippen LogP contribution in [0.3, 0.4) is 0 Å². The van der Waals surface area contributed by atoms with Gasteiger partial charge in [-0.25, -0.2) is 0 Å². The van der Waals surface area contributed by atoms with Crippen LogP contribution in [0, 0.1) is 0 Å². The van der Waals surface area contributed by atoms with Crippen LogP contribution in [-0.2, 0) is 5.75 Å². The van der Waals surface area contributed by atoms with Gasteiger partial charge in [0, 0.05) is 15.9 Å². The Labute approximate surface area is 98.6 Å². The van der Waals surface area contributed by atoms with E-state index in [1.807, 2.05) is 23.9 Å². The van der Waals surface area contributed by atoms with Crippen molar-refractivity contribution < 1.29 is 0 Å². The minimum Gasteiger partial charge on any atom is -0.399 e. The van der Waals surface area contributed by atoms with Crippen LogP contribution in [0.5, 0.6) is 0 Å². The summed E-state index contributed by atoms with van der Waals surface area (Å²) in [6, 6.07) is 6.11. The first kappa shape index (κ1) is 11.9. The summed E-state index contributed by atoms with van der Waals surface area (Å²) in [6.07, 6.45) is 2.57. The van der Waals surface area contributed by atoms with Crippen molar-refractivity contribution in [2.24, 2.45) is 0 Å². The molecule has 78 valence electrons. The molecule has 0 radical (unpaired) electrons. The van der Waals surface area contributed by atoms with Crippen LogP contribution in [0.4, 0.5) is 5.69 Å². The third-order valence-electron chi connectivity index (χ3n) is 1.89. The van der Waals surface area contributed by atoms with Gasteiger partial charge in [-0.05, 0) is 35.9 Å². The monoisotopic (exact) mass is 273 g/mol. The van der Waals surface area contributed by atoms with Crippen LogP contribution in [0.1, 0.15) is 25.3 Å². The molecule has 0 saturated heterocycles. The average molecular weight is 274 g/mol. The van der Waals surface area contributed by atoms with Crippen LogP contribution in [-0.4, -0.2) is 5.75 Å². The largest absolute Gasteiger partial charge is 0.399 e. The highest BCUT2D eigenvalue weighted by atomic mass is 79.9. The molecule has 0 aliphatic heterocycles. The van der Waals surface area contributed by atoms with E-state index in [1.165, 1.54) is 24.2 Å². The van der Waals surface area contributed by atoms with Gasteiger partial charge >= 0.3 is 0 Å². The van der Waals surface area contributed by atoms with Crippen molar-refractivity contribution in [2.75, 3.05) is 11.5 Å². The van der Waals surface area contributed by atoms with E-state index >= 15 is 0 Å². The van der Waals surface area contributed by atoms with Crippen molar-refractivity contribution in [3.63, 3.8) is 0 Å². The number of hydrogen-bond donors (Lipinski definition) is 1. The van der Waals surface area contributed by atoms with Crippen LogP contribution < -0.4 is 5.73 Å². The Morgan fingerprint density at radius 2 is 2.14 bits per heavy atom. The summed E-state index contributed by atoms with van der Waals surface area (Å²) < 4.78 is 1.07. The quantitative estimate of drug-likeness (QED) is 0.647. The highest BCUT2D eigenvalue weighted by Crippen LogP contribution is 2.21. The Balaban J connectivity index is 2.42. The first-order chi connectivity index (χ1) is 6.72. The molecule has 2 N–H and O–H groups in total. The average Bonchev–Trinajstić information content (AvgIpc) is 2.11. The number of hydrogen-bond acceptors (Lipinski definition) is 2. The molecule has 0 amide bonds. The van der Waals surface area contributed by atoms with Crippen molar-refractivity contribution in [3.8, 4) is 0 Å². The Hall–Kier alpha value is -0.150. The summed E-state index contributed by atoms with van der Waals surface area (Å²) in [6.45, 7) is 2.22. The van der Waals surface area contributed by atoms with Gasteiger partial charge in [-0.1, -0.05) is 29.3 Å². The zero-order valence-corrected chi connectivity index (χ0v) is 10.8. The molecule has 0 saturated carbocycles. The van der Waals surface area contributed by atoms with Crippen molar-refractivity contribution in [3.05, 3.63) is 28.2 Å². The molecule has 0 aliphatic rings. The number of nitrogen functional groups attached to an aromatic ring is 1. The second-order valence-corrected chi connectivity index (χ2v) is 5.32. The van der Waals surface area contributed by atoms with Crippen molar-refractivity contribution in [2.45, 2.75) is 25.5 Å². The van der Waals surface area contributed by atoms with Crippen LogP contribution in [0.15, 0.2) is 22.7 Å². The predicted molar refractivity (Wildman–Crippen MR) is 69.6 cm³/mol. The normalized spacial score (nSPS) is 10.4. The first-order valence-corrected chi connectivity index (χ1v) is 6.80. The van der Waals surface area contributed by atoms with E-state index in [4.69, 9.17) is 5.73 Å². The molecule has 1 aromatic rings. The van der Waals surface area contributed by atoms with Crippen molar-refractivity contribution in [1.82, 2.24) is 0 Å². The molecule has 1 rings (SSSR count). The lowest BCUT2D eigenvalue weighted by molar-refractivity contribution is 0.896. The van der Waals surface area contributed by atoms with Gasteiger partial charge in [0.05, 0.1) is 0 Å². The number of nitrogens with two attached hydrogens (primary N) is 1. The number of halogens is 1. The highest BCUT2D eigenvalue weighted by Gasteiger charge is 1.97. The Bertz CT molecular complexity index is 268. The summed E-state index contributed by atoms with van der Waals surface area (Å²) in [4.78, 5) is 0. The molecule has 0 unspecified atom stereocenters. The minimum atomic E-state index is 0.838. The van der Waals surface area contributed by atoms with Gasteiger partial charge in [0.15, 0.2) is 0 Å². The summed E-state index contributed by atoms with van der Waals surface area (Å²) >= 11 is 5.42. The van der Waals surface area contributed by atoms with Gasteiger partial charge in [0.25, 0.3) is 0 Å². The van der Waals surface area contributed by atoms with E-state index in [0.717, 1.165) is 15.9 Å². The third-order valence-corrected chi connectivity index (χ3v) is 3.46. The Kier molecular flexibility index (Phi) is 5.41. The maximum absolute atomic E-state index is 5.75. The van der Waals surface area contributed by atoms with Crippen LogP contribution in [0.25, 0.3) is 0 Å². The summed E-state index contributed by atoms with van der Waals surface area (Å²) in [7, 11) is 0. The van der Waals surface area contributed by atoms with Crippen LogP contribution in [0.2, 0.25) is 0 Å². The predicted octanol–water partition coefficient (Wildman–Crippen LogP) is 4.06. The molecular formula is C11H16BrNS. The lowest BCUT2D eigenvalue weighted by Crippen LogP contribution is -1.89. The number of rotatable bonds is 5. The fraction of sp³-hybridized carbons (Fsp3) is 0.455. The molecule has 0 spiro atoms. The molecule has 0 heterocycles. The molecule has 3 heteroatoms. The molecule has 0 aromatic heterocycles. The van der Waals surface area contributed by atoms with Gasteiger partial charge < -0.3 is 5.73 Å². The van der Waals surface area contributed by atoms with Gasteiger partial charge in [0.1, 0.15) is 0 Å². The molecule has 1 nitrogen and oxygen atoms in total. The zero-order valence-electron chi connectivity index (χ0n) is 8.42. The van der Waals surface area contributed by atoms with Gasteiger partial charge in [-0.2, -0.15) is 11.8 Å². The number of benzene rings is 1. The SMILES string of the molecule is CCCCSCc1cc(N)cc(Br)c1. The van der Waals surface area contributed by atoms with Crippen LogP contribution >= 0.6 is 27.7 Å². The molecule has 0 aliphatic carbocycles. The molecular weight excluding hydrogens is 258 g/mol. The standard InChI is InChI=1S/C11H16BrNS/c1-2-3-4-14-8-9-5-10(12)7-11(13)6-9/h5-7H,2-4,8,13H2,1H3. The van der Waals surface area contributed by atoms with Gasteiger partial charge in [-0.15, -0.1) is 0 Å².